The van der Waals surface area contributed by atoms with Crippen molar-refractivity contribution in [1.29, 1.82) is 0 Å². The Labute approximate surface area is 139 Å². The van der Waals surface area contributed by atoms with Gasteiger partial charge < -0.3 is 19.5 Å². The number of rotatable bonds is 4. The highest BCUT2D eigenvalue weighted by Gasteiger charge is 2.54. The molecule has 5 nitrogen and oxygen atoms in total. The first-order valence-corrected chi connectivity index (χ1v) is 8.93. The van der Waals surface area contributed by atoms with E-state index in [0.717, 1.165) is 31.6 Å². The number of carboxylic acids is 1. The van der Waals surface area contributed by atoms with Crippen molar-refractivity contribution in [2.75, 3.05) is 13.2 Å². The fraction of sp³-hybridized carbons (Fsp3) is 0.562. The Bertz CT molecular complexity index is 646. The molecule has 4 rings (SSSR count). The number of carboxylic acid groups (broad SMARTS) is 1. The number of hydrogen-bond acceptors (Lipinski definition) is 5. The largest absolute Gasteiger partial charge is 0.535 e. The molecule has 4 atom stereocenters. The molecule has 0 spiro atoms. The molecule has 1 saturated heterocycles. The van der Waals surface area contributed by atoms with Gasteiger partial charge in [-0.05, 0) is 36.3 Å². The van der Waals surface area contributed by atoms with Gasteiger partial charge in [-0.25, -0.2) is 4.79 Å². The van der Waals surface area contributed by atoms with Crippen LogP contribution in [0.15, 0.2) is 17.0 Å². The van der Waals surface area contributed by atoms with Crippen molar-refractivity contribution in [3.8, 4) is 5.75 Å². The number of benzene rings is 1. The van der Waals surface area contributed by atoms with Gasteiger partial charge in [0, 0.05) is 22.6 Å². The van der Waals surface area contributed by atoms with E-state index >= 15 is 0 Å². The Morgan fingerprint density at radius 1 is 1.48 bits per heavy atom. The molecule has 1 aliphatic carbocycles. The second-order valence-corrected chi connectivity index (χ2v) is 8.04. The molecule has 0 unspecified atom stereocenters. The van der Waals surface area contributed by atoms with Crippen LogP contribution in [0.1, 0.15) is 41.6 Å². The van der Waals surface area contributed by atoms with Crippen LogP contribution in [-0.2, 0) is 4.74 Å². The van der Waals surface area contributed by atoms with Crippen LogP contribution in [0, 0.1) is 5.92 Å². The normalized spacial score (nSPS) is 29.5. The zero-order valence-electron chi connectivity index (χ0n) is 12.9. The molecule has 1 aromatic rings. The third-order valence-electron chi connectivity index (χ3n) is 5.15. The molecule has 23 heavy (non-hydrogen) atoms. The van der Waals surface area contributed by atoms with Gasteiger partial charge in [-0.3, -0.25) is 0 Å². The Balaban J connectivity index is 1.67. The molecular formula is C16H19BO5S. The fourth-order valence-corrected chi connectivity index (χ4v) is 4.87. The summed E-state index contributed by atoms with van der Waals surface area (Å²) in [6, 6.07) is 3.87. The van der Waals surface area contributed by atoms with Gasteiger partial charge in [-0.15, -0.1) is 11.8 Å². The molecule has 2 aliphatic heterocycles. The SMILES string of the molecule is C[C@@H](Sc1ccc2c(c1C(=O)O)OB(O)[C@H]1C[C@@H]21)[C@@H]1CCOC1. The van der Waals surface area contributed by atoms with Crippen molar-refractivity contribution >= 4 is 24.8 Å². The molecule has 1 aromatic carbocycles. The standard InChI is InChI=1S/C16H19BO5S/c1-8(9-4-5-21-7-9)23-13-3-2-10-11-6-12(11)17(20)22-15(10)14(13)16(18)19/h2-3,8-9,11-12,20H,4-7H2,1H3,(H,18,19)/t8-,9-,11+,12+/m1/s1. The second kappa shape index (κ2) is 5.72. The molecular weight excluding hydrogens is 315 g/mol. The van der Waals surface area contributed by atoms with Crippen LogP contribution in [0.25, 0.3) is 0 Å². The fourth-order valence-electron chi connectivity index (χ4n) is 3.62. The van der Waals surface area contributed by atoms with E-state index in [4.69, 9.17) is 9.39 Å². The maximum atomic E-state index is 11.8. The van der Waals surface area contributed by atoms with Gasteiger partial charge in [0.2, 0.25) is 0 Å². The van der Waals surface area contributed by atoms with Gasteiger partial charge in [0.05, 0.1) is 6.61 Å². The molecule has 1 saturated carbocycles. The third kappa shape index (κ3) is 2.64. The molecule has 0 amide bonds. The summed E-state index contributed by atoms with van der Waals surface area (Å²) in [5.41, 5.74) is 1.13. The van der Waals surface area contributed by atoms with E-state index in [9.17, 15) is 14.9 Å². The van der Waals surface area contributed by atoms with Crippen molar-refractivity contribution in [2.24, 2.45) is 5.92 Å². The van der Waals surface area contributed by atoms with E-state index in [2.05, 4.69) is 6.92 Å². The summed E-state index contributed by atoms with van der Waals surface area (Å²) < 4.78 is 11.0. The predicted molar refractivity (Wildman–Crippen MR) is 87.4 cm³/mol. The molecule has 0 bridgehead atoms. The van der Waals surface area contributed by atoms with E-state index in [1.165, 1.54) is 0 Å². The van der Waals surface area contributed by atoms with Crippen LogP contribution in [0.3, 0.4) is 0 Å². The summed E-state index contributed by atoms with van der Waals surface area (Å²) in [7, 11) is -0.883. The number of hydrogen-bond donors (Lipinski definition) is 2. The number of fused-ring (bicyclic) bond motifs is 3. The van der Waals surface area contributed by atoms with Crippen molar-refractivity contribution in [3.63, 3.8) is 0 Å². The molecule has 2 heterocycles. The molecule has 0 radical (unpaired) electrons. The van der Waals surface area contributed by atoms with Gasteiger partial charge >= 0.3 is 13.1 Å². The van der Waals surface area contributed by atoms with Crippen molar-refractivity contribution < 1.29 is 24.3 Å². The average molecular weight is 334 g/mol. The second-order valence-electron chi connectivity index (χ2n) is 6.62. The number of thioether (sulfide) groups is 1. The molecule has 122 valence electrons. The van der Waals surface area contributed by atoms with E-state index in [1.807, 2.05) is 12.1 Å². The minimum absolute atomic E-state index is 0.122. The van der Waals surface area contributed by atoms with Gasteiger partial charge in [0.25, 0.3) is 0 Å². The Morgan fingerprint density at radius 2 is 2.30 bits per heavy atom. The lowest BCUT2D eigenvalue weighted by Gasteiger charge is -2.24. The highest BCUT2D eigenvalue weighted by Crippen LogP contribution is 2.60. The van der Waals surface area contributed by atoms with Crippen molar-refractivity contribution in [1.82, 2.24) is 0 Å². The topological polar surface area (TPSA) is 76.0 Å². The van der Waals surface area contributed by atoms with Crippen LogP contribution in [0.2, 0.25) is 5.82 Å². The number of aromatic carboxylic acids is 1. The molecule has 0 aromatic heterocycles. The first kappa shape index (κ1) is 15.4. The maximum absolute atomic E-state index is 11.8. The lowest BCUT2D eigenvalue weighted by Crippen LogP contribution is -2.27. The average Bonchev–Trinajstić information content (AvgIpc) is 3.13. The highest BCUT2D eigenvalue weighted by molar-refractivity contribution is 8.00. The minimum Gasteiger partial charge on any atom is -0.535 e. The van der Waals surface area contributed by atoms with Crippen LogP contribution in [-0.4, -0.2) is 41.7 Å². The summed E-state index contributed by atoms with van der Waals surface area (Å²) in [5.74, 6) is 0.176. The maximum Gasteiger partial charge on any atom is 0.526 e. The molecule has 2 fully saturated rings. The molecule has 7 heteroatoms. The Morgan fingerprint density at radius 3 is 3.00 bits per heavy atom. The van der Waals surface area contributed by atoms with Gasteiger partial charge in [-0.1, -0.05) is 13.0 Å². The zero-order valence-corrected chi connectivity index (χ0v) is 13.7. The van der Waals surface area contributed by atoms with Crippen LogP contribution in [0.5, 0.6) is 5.75 Å². The Kier molecular flexibility index (Phi) is 3.82. The van der Waals surface area contributed by atoms with Crippen molar-refractivity contribution in [3.05, 3.63) is 23.3 Å². The van der Waals surface area contributed by atoms with Gasteiger partial charge in [-0.2, -0.15) is 0 Å². The van der Waals surface area contributed by atoms with Gasteiger partial charge in [0.1, 0.15) is 11.3 Å². The van der Waals surface area contributed by atoms with Gasteiger partial charge in [0.15, 0.2) is 0 Å². The third-order valence-corrected chi connectivity index (χ3v) is 6.50. The summed E-state index contributed by atoms with van der Waals surface area (Å²) in [4.78, 5) is 12.5. The predicted octanol–water partition coefficient (Wildman–Crippen LogP) is 2.63. The highest BCUT2D eigenvalue weighted by atomic mass is 32.2. The van der Waals surface area contributed by atoms with E-state index in [0.29, 0.717) is 16.6 Å². The summed E-state index contributed by atoms with van der Waals surface area (Å²) >= 11 is 1.56. The van der Waals surface area contributed by atoms with Crippen LogP contribution in [0.4, 0.5) is 0 Å². The molecule has 2 N–H and O–H groups in total. The zero-order chi connectivity index (χ0) is 16.1. The lowest BCUT2D eigenvalue weighted by atomic mass is 9.77. The molecule has 3 aliphatic rings. The summed E-state index contributed by atoms with van der Waals surface area (Å²) in [5, 5.41) is 19.9. The van der Waals surface area contributed by atoms with Crippen LogP contribution >= 0.6 is 11.8 Å². The first-order chi connectivity index (χ1) is 11.1. The Hall–Kier alpha value is -1.18. The lowest BCUT2D eigenvalue weighted by molar-refractivity contribution is 0.0690. The quantitative estimate of drug-likeness (QED) is 0.651. The van der Waals surface area contributed by atoms with E-state index < -0.39 is 13.1 Å². The number of carbonyl (C=O) groups is 1. The monoisotopic (exact) mass is 334 g/mol. The first-order valence-electron chi connectivity index (χ1n) is 8.05. The number of ether oxygens (including phenoxy) is 1. The minimum atomic E-state index is -0.995. The summed E-state index contributed by atoms with van der Waals surface area (Å²) in [6.45, 7) is 3.63. The summed E-state index contributed by atoms with van der Waals surface area (Å²) in [6.07, 6.45) is 1.88. The van der Waals surface area contributed by atoms with Crippen molar-refractivity contribution in [2.45, 2.75) is 41.6 Å². The van der Waals surface area contributed by atoms with Crippen LogP contribution < -0.4 is 4.65 Å². The van der Waals surface area contributed by atoms with E-state index in [-0.39, 0.29) is 22.5 Å². The smallest absolute Gasteiger partial charge is 0.526 e. The van der Waals surface area contributed by atoms with E-state index in [1.54, 1.807) is 11.8 Å².